The molecule has 3 aromatic rings. The summed E-state index contributed by atoms with van der Waals surface area (Å²) in [5.41, 5.74) is 2.67. The number of amides is 2. The van der Waals surface area contributed by atoms with Crippen LogP contribution in [0.2, 0.25) is 5.02 Å². The molecule has 2 heterocycles. The van der Waals surface area contributed by atoms with Crippen molar-refractivity contribution in [3.05, 3.63) is 59.2 Å². The van der Waals surface area contributed by atoms with Crippen LogP contribution in [0.4, 0.5) is 5.69 Å². The van der Waals surface area contributed by atoms with Crippen molar-refractivity contribution in [2.45, 2.75) is 18.9 Å². The van der Waals surface area contributed by atoms with Gasteiger partial charge in [-0.1, -0.05) is 17.7 Å². The molecule has 0 unspecified atom stereocenters. The van der Waals surface area contributed by atoms with Crippen molar-refractivity contribution in [2.24, 2.45) is 0 Å². The Morgan fingerprint density at radius 2 is 2.11 bits per heavy atom. The number of rotatable bonds is 6. The van der Waals surface area contributed by atoms with Gasteiger partial charge in [0, 0.05) is 34.7 Å². The van der Waals surface area contributed by atoms with Crippen LogP contribution in [0.1, 0.15) is 12.0 Å². The van der Waals surface area contributed by atoms with Crippen molar-refractivity contribution in [1.82, 2.24) is 10.3 Å². The highest BCUT2D eigenvalue weighted by Gasteiger charge is 2.39. The summed E-state index contributed by atoms with van der Waals surface area (Å²) in [4.78, 5) is 29.6. The maximum Gasteiger partial charge on any atom is 0.251 e. The molecule has 0 saturated carbocycles. The van der Waals surface area contributed by atoms with Crippen LogP contribution in [0.3, 0.4) is 0 Å². The zero-order valence-electron chi connectivity index (χ0n) is 15.4. The number of imide groups is 1. The number of hydrogen-bond acceptors (Lipinski definition) is 4. The predicted octanol–water partition coefficient (Wildman–Crippen LogP) is 3.29. The number of ether oxygens (including phenoxy) is 1. The van der Waals surface area contributed by atoms with E-state index in [0.717, 1.165) is 22.9 Å². The number of halogens is 1. The molecule has 2 aromatic carbocycles. The summed E-state index contributed by atoms with van der Waals surface area (Å²) in [6.45, 7) is 0.578. The third kappa shape index (κ3) is 3.48. The predicted molar refractivity (Wildman–Crippen MR) is 109 cm³/mol. The molecule has 1 saturated heterocycles. The normalized spacial score (nSPS) is 16.9. The molecule has 0 radical (unpaired) electrons. The standard InChI is InChI=1S/C21H20ClN3O3/c1-28-16-4-2-3-15(10-16)25-20(26)11-19(21(25)27)23-8-7-13-12-24-18-6-5-14(22)9-17(13)18/h2-6,9-10,12,19,23-24H,7-8,11H2,1H3/t19-/m1/s1. The fourth-order valence-electron chi connectivity index (χ4n) is 3.55. The summed E-state index contributed by atoms with van der Waals surface area (Å²) in [5.74, 6) is 0.155. The van der Waals surface area contributed by atoms with E-state index in [0.29, 0.717) is 23.0 Å². The minimum absolute atomic E-state index is 0.149. The molecule has 0 bridgehead atoms. The number of anilines is 1. The Balaban J connectivity index is 1.42. The average molecular weight is 398 g/mol. The first-order valence-electron chi connectivity index (χ1n) is 9.06. The van der Waals surface area contributed by atoms with Gasteiger partial charge < -0.3 is 15.0 Å². The minimum atomic E-state index is -0.521. The van der Waals surface area contributed by atoms with Crippen LogP contribution in [0.15, 0.2) is 48.7 Å². The van der Waals surface area contributed by atoms with E-state index in [4.69, 9.17) is 16.3 Å². The molecule has 6 nitrogen and oxygen atoms in total. The van der Waals surface area contributed by atoms with Gasteiger partial charge in [0.2, 0.25) is 5.91 Å². The first-order valence-corrected chi connectivity index (χ1v) is 9.44. The maximum absolute atomic E-state index is 12.7. The molecule has 2 amide bonds. The van der Waals surface area contributed by atoms with E-state index < -0.39 is 6.04 Å². The number of aromatic amines is 1. The van der Waals surface area contributed by atoms with Crippen LogP contribution in [-0.2, 0) is 16.0 Å². The van der Waals surface area contributed by atoms with Crippen molar-refractivity contribution >= 4 is 40.0 Å². The summed E-state index contributed by atoms with van der Waals surface area (Å²) in [5, 5.41) is 4.97. The maximum atomic E-state index is 12.7. The quantitative estimate of drug-likeness (QED) is 0.626. The SMILES string of the molecule is COc1cccc(N2C(=O)C[C@@H](NCCc3c[nH]c4ccc(Cl)cc34)C2=O)c1. The molecular formula is C21H20ClN3O3. The topological polar surface area (TPSA) is 74.4 Å². The zero-order chi connectivity index (χ0) is 19.7. The van der Waals surface area contributed by atoms with E-state index in [9.17, 15) is 9.59 Å². The number of benzene rings is 2. The van der Waals surface area contributed by atoms with E-state index >= 15 is 0 Å². The summed E-state index contributed by atoms with van der Waals surface area (Å²) in [6.07, 6.45) is 2.82. The van der Waals surface area contributed by atoms with Crippen LogP contribution < -0.4 is 15.0 Å². The van der Waals surface area contributed by atoms with Gasteiger partial charge in [0.15, 0.2) is 0 Å². The van der Waals surface area contributed by atoms with Gasteiger partial charge in [-0.05, 0) is 42.3 Å². The number of nitrogens with one attached hydrogen (secondary N) is 2. The third-order valence-electron chi connectivity index (χ3n) is 4.97. The second-order valence-electron chi connectivity index (χ2n) is 6.73. The van der Waals surface area contributed by atoms with Gasteiger partial charge in [-0.15, -0.1) is 0 Å². The number of aromatic nitrogens is 1. The van der Waals surface area contributed by atoms with Crippen LogP contribution >= 0.6 is 11.6 Å². The Morgan fingerprint density at radius 3 is 2.93 bits per heavy atom. The summed E-state index contributed by atoms with van der Waals surface area (Å²) in [7, 11) is 1.55. The smallest absolute Gasteiger partial charge is 0.251 e. The molecule has 7 heteroatoms. The van der Waals surface area contributed by atoms with E-state index in [-0.39, 0.29) is 18.2 Å². The lowest BCUT2D eigenvalue weighted by atomic mass is 10.1. The summed E-state index contributed by atoms with van der Waals surface area (Å²) in [6, 6.07) is 12.2. The molecule has 2 N–H and O–H groups in total. The molecule has 4 rings (SSSR count). The van der Waals surface area contributed by atoms with Crippen molar-refractivity contribution in [1.29, 1.82) is 0 Å². The van der Waals surface area contributed by atoms with Gasteiger partial charge in [0.05, 0.1) is 25.3 Å². The van der Waals surface area contributed by atoms with E-state index in [1.165, 1.54) is 4.90 Å². The lowest BCUT2D eigenvalue weighted by Crippen LogP contribution is -2.39. The van der Waals surface area contributed by atoms with E-state index in [2.05, 4.69) is 10.3 Å². The molecule has 0 spiro atoms. The largest absolute Gasteiger partial charge is 0.497 e. The highest BCUT2D eigenvalue weighted by atomic mass is 35.5. The second kappa shape index (κ2) is 7.66. The number of nitrogens with zero attached hydrogens (tertiary/aromatic N) is 1. The number of carbonyl (C=O) groups is 2. The molecule has 144 valence electrons. The molecule has 1 aromatic heterocycles. The number of carbonyl (C=O) groups excluding carboxylic acids is 2. The zero-order valence-corrected chi connectivity index (χ0v) is 16.1. The Hall–Kier alpha value is -2.83. The van der Waals surface area contributed by atoms with Crippen LogP contribution in [0.25, 0.3) is 10.9 Å². The summed E-state index contributed by atoms with van der Waals surface area (Å²) >= 11 is 6.09. The van der Waals surface area contributed by atoms with E-state index in [1.807, 2.05) is 24.4 Å². The molecule has 1 aliphatic rings. The first kappa shape index (κ1) is 18.5. The molecule has 28 heavy (non-hydrogen) atoms. The van der Waals surface area contributed by atoms with Gasteiger partial charge in [-0.3, -0.25) is 9.59 Å². The van der Waals surface area contributed by atoms with Gasteiger partial charge in [0.1, 0.15) is 5.75 Å². The molecule has 1 atom stereocenters. The van der Waals surface area contributed by atoms with Crippen molar-refractivity contribution in [3.63, 3.8) is 0 Å². The van der Waals surface area contributed by atoms with Gasteiger partial charge >= 0.3 is 0 Å². The van der Waals surface area contributed by atoms with Gasteiger partial charge in [-0.25, -0.2) is 4.90 Å². The fourth-order valence-corrected chi connectivity index (χ4v) is 3.72. The van der Waals surface area contributed by atoms with Crippen LogP contribution in [0, 0.1) is 0 Å². The second-order valence-corrected chi connectivity index (χ2v) is 7.17. The number of hydrogen-bond donors (Lipinski definition) is 2. The monoisotopic (exact) mass is 397 g/mol. The molecule has 0 aliphatic carbocycles. The lowest BCUT2D eigenvalue weighted by molar-refractivity contribution is -0.121. The van der Waals surface area contributed by atoms with Gasteiger partial charge in [0.25, 0.3) is 5.91 Å². The molecule has 1 aliphatic heterocycles. The average Bonchev–Trinajstić information content (AvgIpc) is 3.22. The van der Waals surface area contributed by atoms with Gasteiger partial charge in [-0.2, -0.15) is 0 Å². The Bertz CT molecular complexity index is 1050. The number of H-pyrrole nitrogens is 1. The van der Waals surface area contributed by atoms with Crippen molar-refractivity contribution in [3.8, 4) is 5.75 Å². The minimum Gasteiger partial charge on any atom is -0.497 e. The Morgan fingerprint density at radius 1 is 1.25 bits per heavy atom. The summed E-state index contributed by atoms with van der Waals surface area (Å²) < 4.78 is 5.18. The Kier molecular flexibility index (Phi) is 5.07. The van der Waals surface area contributed by atoms with Crippen molar-refractivity contribution in [2.75, 3.05) is 18.6 Å². The molecule has 1 fully saturated rings. The first-order chi connectivity index (χ1) is 13.6. The van der Waals surface area contributed by atoms with Crippen LogP contribution in [-0.4, -0.2) is 36.5 Å². The Labute approximate surface area is 167 Å². The highest BCUT2D eigenvalue weighted by Crippen LogP contribution is 2.27. The third-order valence-corrected chi connectivity index (χ3v) is 5.21. The van der Waals surface area contributed by atoms with Crippen LogP contribution in [0.5, 0.6) is 5.75 Å². The fraction of sp³-hybridized carbons (Fsp3) is 0.238. The lowest BCUT2D eigenvalue weighted by Gasteiger charge is -2.16. The van der Waals surface area contributed by atoms with E-state index in [1.54, 1.807) is 31.4 Å². The molecular weight excluding hydrogens is 378 g/mol. The van der Waals surface area contributed by atoms with Crippen molar-refractivity contribution < 1.29 is 14.3 Å². The number of fused-ring (bicyclic) bond motifs is 1. The highest BCUT2D eigenvalue weighted by molar-refractivity contribution is 6.31. The number of methoxy groups -OCH3 is 1.